The number of carbonyl (C=O) groups excluding carboxylic acids is 2. The molecule has 2 aromatic heterocycles. The molecular formula is C26H28ClN3O4. The molecule has 8 heteroatoms. The van der Waals surface area contributed by atoms with Crippen LogP contribution in [0.3, 0.4) is 0 Å². The van der Waals surface area contributed by atoms with E-state index in [1.807, 2.05) is 28.8 Å². The molecule has 0 radical (unpaired) electrons. The zero-order valence-corrected chi connectivity index (χ0v) is 20.3. The number of ether oxygens (including phenoxy) is 2. The van der Waals surface area contributed by atoms with Crippen molar-refractivity contribution in [1.82, 2.24) is 14.5 Å². The van der Waals surface area contributed by atoms with Crippen molar-refractivity contribution >= 4 is 29.3 Å². The quantitative estimate of drug-likeness (QED) is 0.230. The number of methoxy groups -OCH3 is 1. The van der Waals surface area contributed by atoms with Crippen LogP contribution in [0.1, 0.15) is 49.3 Å². The Balaban J connectivity index is 2.20. The van der Waals surface area contributed by atoms with Crippen molar-refractivity contribution in [3.63, 3.8) is 0 Å². The lowest BCUT2D eigenvalue weighted by Gasteiger charge is -2.17. The lowest BCUT2D eigenvalue weighted by Crippen LogP contribution is -2.17. The van der Waals surface area contributed by atoms with Crippen molar-refractivity contribution < 1.29 is 19.1 Å². The van der Waals surface area contributed by atoms with Crippen LogP contribution < -0.4 is 0 Å². The molecule has 0 aliphatic rings. The maximum Gasteiger partial charge on any atom is 0.337 e. The Labute approximate surface area is 204 Å². The third kappa shape index (κ3) is 6.32. The highest BCUT2D eigenvalue weighted by Crippen LogP contribution is 2.28. The van der Waals surface area contributed by atoms with Gasteiger partial charge in [-0.1, -0.05) is 43.1 Å². The summed E-state index contributed by atoms with van der Waals surface area (Å²) in [6.45, 7) is 3.81. The first-order valence-corrected chi connectivity index (χ1v) is 11.5. The lowest BCUT2D eigenvalue weighted by atomic mass is 10.0. The highest BCUT2D eigenvalue weighted by molar-refractivity contribution is 6.31. The molecule has 1 aromatic carbocycles. The maximum atomic E-state index is 12.9. The smallest absolute Gasteiger partial charge is 0.337 e. The average Bonchev–Trinajstić information content (AvgIpc) is 3.23. The molecule has 0 saturated carbocycles. The number of hydrogen-bond acceptors (Lipinski definition) is 6. The molecule has 0 spiro atoms. The van der Waals surface area contributed by atoms with E-state index in [-0.39, 0.29) is 17.8 Å². The van der Waals surface area contributed by atoms with E-state index in [1.54, 1.807) is 30.7 Å². The van der Waals surface area contributed by atoms with Crippen LogP contribution in [0.4, 0.5) is 0 Å². The molecule has 0 amide bonds. The summed E-state index contributed by atoms with van der Waals surface area (Å²) in [7, 11) is 1.30. The first kappa shape index (κ1) is 25.2. The Morgan fingerprint density at radius 1 is 1.12 bits per heavy atom. The molecule has 34 heavy (non-hydrogen) atoms. The van der Waals surface area contributed by atoms with Gasteiger partial charge in [0.25, 0.3) is 0 Å². The molecular weight excluding hydrogens is 454 g/mol. The molecule has 0 bridgehead atoms. The number of nitrogens with zero attached hydrogens (tertiary/aromatic N) is 3. The zero-order valence-electron chi connectivity index (χ0n) is 19.6. The Morgan fingerprint density at radius 2 is 1.85 bits per heavy atom. The number of rotatable bonds is 10. The zero-order chi connectivity index (χ0) is 24.5. The van der Waals surface area contributed by atoms with Gasteiger partial charge in [-0.05, 0) is 35.7 Å². The van der Waals surface area contributed by atoms with Gasteiger partial charge in [0, 0.05) is 37.2 Å². The van der Waals surface area contributed by atoms with Crippen LogP contribution in [0.25, 0.3) is 5.76 Å². The van der Waals surface area contributed by atoms with Crippen molar-refractivity contribution in [2.24, 2.45) is 0 Å². The second-order valence-corrected chi connectivity index (χ2v) is 8.17. The molecule has 3 rings (SSSR count). The normalized spacial score (nSPS) is 11.6. The lowest BCUT2D eigenvalue weighted by molar-refractivity contribution is -0.136. The second-order valence-electron chi connectivity index (χ2n) is 7.77. The van der Waals surface area contributed by atoms with Crippen LogP contribution in [-0.2, 0) is 38.4 Å². The summed E-state index contributed by atoms with van der Waals surface area (Å²) in [6, 6.07) is 11.1. The first-order chi connectivity index (χ1) is 16.4. The van der Waals surface area contributed by atoms with Crippen LogP contribution in [0.15, 0.2) is 60.6 Å². The number of pyridine rings is 1. The molecule has 7 nitrogen and oxygen atoms in total. The van der Waals surface area contributed by atoms with Crippen molar-refractivity contribution in [1.29, 1.82) is 0 Å². The summed E-state index contributed by atoms with van der Waals surface area (Å²) in [5, 5.41) is 0.617. The van der Waals surface area contributed by atoms with E-state index < -0.39 is 11.9 Å². The second kappa shape index (κ2) is 12.1. The van der Waals surface area contributed by atoms with Crippen molar-refractivity contribution in [2.45, 2.75) is 46.1 Å². The Bertz CT molecular complexity index is 1170. The maximum absolute atomic E-state index is 12.9. The monoisotopic (exact) mass is 481 g/mol. The molecule has 0 fully saturated rings. The highest BCUT2D eigenvalue weighted by Gasteiger charge is 2.25. The van der Waals surface area contributed by atoms with Crippen molar-refractivity contribution in [3.8, 4) is 0 Å². The highest BCUT2D eigenvalue weighted by atomic mass is 35.5. The molecule has 0 saturated heterocycles. The van der Waals surface area contributed by atoms with Gasteiger partial charge in [0.15, 0.2) is 5.76 Å². The van der Waals surface area contributed by atoms with Gasteiger partial charge in [0.2, 0.25) is 0 Å². The van der Waals surface area contributed by atoms with Crippen molar-refractivity contribution in [3.05, 3.63) is 88.2 Å². The summed E-state index contributed by atoms with van der Waals surface area (Å²) in [4.78, 5) is 33.6. The number of imidazole rings is 1. The number of halogens is 1. The predicted molar refractivity (Wildman–Crippen MR) is 130 cm³/mol. The number of hydrogen-bond donors (Lipinski definition) is 0. The number of aryl methyl sites for hydroxylation is 1. The van der Waals surface area contributed by atoms with E-state index >= 15 is 0 Å². The van der Waals surface area contributed by atoms with Gasteiger partial charge >= 0.3 is 11.9 Å². The van der Waals surface area contributed by atoms with Crippen LogP contribution >= 0.6 is 11.6 Å². The van der Waals surface area contributed by atoms with Crippen LogP contribution in [0, 0.1) is 0 Å². The molecule has 2 heterocycles. The number of unbranched alkanes of at least 4 members (excludes halogenated alkanes) is 1. The van der Waals surface area contributed by atoms with Gasteiger partial charge in [-0.3, -0.25) is 9.78 Å². The van der Waals surface area contributed by atoms with E-state index in [9.17, 15) is 9.59 Å². The molecule has 0 N–H and O–H groups in total. The Kier molecular flexibility index (Phi) is 8.99. The summed E-state index contributed by atoms with van der Waals surface area (Å²) in [6.07, 6.45) is 7.77. The van der Waals surface area contributed by atoms with Gasteiger partial charge in [-0.2, -0.15) is 0 Å². The van der Waals surface area contributed by atoms with Gasteiger partial charge in [0.1, 0.15) is 11.5 Å². The Morgan fingerprint density at radius 3 is 2.50 bits per heavy atom. The summed E-state index contributed by atoms with van der Waals surface area (Å²) in [5.74, 6) is -0.201. The minimum absolute atomic E-state index is 0.124. The third-order valence-corrected chi connectivity index (χ3v) is 5.66. The van der Waals surface area contributed by atoms with Crippen LogP contribution in [0.2, 0.25) is 5.02 Å². The van der Waals surface area contributed by atoms with E-state index in [0.29, 0.717) is 17.3 Å². The minimum Gasteiger partial charge on any atom is -0.466 e. The Hall–Kier alpha value is -3.45. The fourth-order valence-electron chi connectivity index (χ4n) is 3.59. The predicted octanol–water partition coefficient (Wildman–Crippen LogP) is 5.01. The average molecular weight is 482 g/mol. The number of carbonyl (C=O) groups is 2. The van der Waals surface area contributed by atoms with E-state index in [0.717, 1.165) is 36.2 Å². The standard InChI is InChI=1S/C26H28ClN3O4/c1-4-5-10-24-29-16-23(30(24)17-20-8-6-7-9-22(20)27)25(34-18(2)31)21(26(32)33-3)15-19-11-13-28-14-12-19/h6-9,11-14,16H,4-5,10,15,17H2,1-3H3/b25-21+. The number of esters is 2. The molecule has 0 aliphatic carbocycles. The van der Waals surface area contributed by atoms with E-state index in [2.05, 4.69) is 16.9 Å². The SMILES string of the molecule is CCCCc1ncc(/C(OC(C)=O)=C(/Cc2ccncc2)C(=O)OC)n1Cc1ccccc1Cl. The van der Waals surface area contributed by atoms with Gasteiger partial charge in [-0.25, -0.2) is 9.78 Å². The largest absolute Gasteiger partial charge is 0.466 e. The molecule has 0 atom stereocenters. The van der Waals surface area contributed by atoms with E-state index in [1.165, 1.54) is 14.0 Å². The van der Waals surface area contributed by atoms with Crippen LogP contribution in [0.5, 0.6) is 0 Å². The molecule has 178 valence electrons. The van der Waals surface area contributed by atoms with Gasteiger partial charge < -0.3 is 14.0 Å². The van der Waals surface area contributed by atoms with Gasteiger partial charge in [-0.15, -0.1) is 0 Å². The number of aromatic nitrogens is 3. The van der Waals surface area contributed by atoms with Crippen LogP contribution in [-0.4, -0.2) is 33.6 Å². The first-order valence-electron chi connectivity index (χ1n) is 11.1. The number of benzene rings is 1. The van der Waals surface area contributed by atoms with Gasteiger partial charge in [0.05, 0.1) is 25.4 Å². The summed E-state index contributed by atoms with van der Waals surface area (Å²) >= 11 is 6.45. The fourth-order valence-corrected chi connectivity index (χ4v) is 3.78. The third-order valence-electron chi connectivity index (χ3n) is 5.29. The van der Waals surface area contributed by atoms with E-state index in [4.69, 9.17) is 21.1 Å². The summed E-state index contributed by atoms with van der Waals surface area (Å²) < 4.78 is 12.7. The topological polar surface area (TPSA) is 83.3 Å². The summed E-state index contributed by atoms with van der Waals surface area (Å²) in [5.41, 5.74) is 2.43. The fraction of sp³-hybridized carbons (Fsp3) is 0.308. The molecule has 3 aromatic rings. The minimum atomic E-state index is -0.589. The molecule has 0 unspecified atom stereocenters. The van der Waals surface area contributed by atoms with Crippen molar-refractivity contribution in [2.75, 3.05) is 7.11 Å². The molecule has 0 aliphatic heterocycles.